The summed E-state index contributed by atoms with van der Waals surface area (Å²) in [5.74, 6) is 0.729. The molecule has 1 unspecified atom stereocenters. The van der Waals surface area contributed by atoms with Crippen molar-refractivity contribution in [3.8, 4) is 17.2 Å². The predicted molar refractivity (Wildman–Crippen MR) is 110 cm³/mol. The molecule has 0 saturated heterocycles. The summed E-state index contributed by atoms with van der Waals surface area (Å²) in [7, 11) is -2.70. The van der Waals surface area contributed by atoms with Gasteiger partial charge in [-0.1, -0.05) is 12.1 Å². The van der Waals surface area contributed by atoms with Crippen LogP contribution < -0.4 is 24.8 Å². The van der Waals surface area contributed by atoms with E-state index >= 15 is 0 Å². The van der Waals surface area contributed by atoms with Crippen molar-refractivity contribution >= 4 is 33.7 Å². The summed E-state index contributed by atoms with van der Waals surface area (Å²) in [5, 5.41) is 3.86. The Balaban J connectivity index is 2.21. The highest BCUT2D eigenvalue weighted by molar-refractivity contribution is 7.87. The number of nitrogens with zero attached hydrogens (tertiary/aromatic N) is 1. The Hall–Kier alpha value is -2.85. The van der Waals surface area contributed by atoms with Crippen molar-refractivity contribution in [3.05, 3.63) is 48.0 Å². The number of hydrazone groups is 1. The van der Waals surface area contributed by atoms with Gasteiger partial charge in [0.25, 0.3) is 0 Å². The Kier molecular flexibility index (Phi) is 7.18. The monoisotopic (exact) mass is 423 g/mol. The van der Waals surface area contributed by atoms with E-state index in [1.807, 2.05) is 0 Å². The maximum absolute atomic E-state index is 12.6. The van der Waals surface area contributed by atoms with Gasteiger partial charge in [0.2, 0.25) is 0 Å². The summed E-state index contributed by atoms with van der Waals surface area (Å²) in [6, 6.07) is 11.0. The van der Waals surface area contributed by atoms with Crippen molar-refractivity contribution in [2.24, 2.45) is 10.8 Å². The molecule has 0 spiro atoms. The Bertz CT molecular complexity index is 977. The minimum absolute atomic E-state index is 0.0382. The number of methoxy groups -OCH3 is 1. The fraction of sp³-hybridized carbons (Fsp3) is 0.222. The quantitative estimate of drug-likeness (QED) is 0.288. The van der Waals surface area contributed by atoms with E-state index in [-0.39, 0.29) is 21.5 Å². The molecule has 1 atom stereocenters. The second-order valence-electron chi connectivity index (χ2n) is 5.75. The zero-order valence-electron chi connectivity index (χ0n) is 15.6. The van der Waals surface area contributed by atoms with Crippen LogP contribution in [0.4, 0.5) is 0 Å². The molecule has 0 aliphatic rings. The predicted octanol–water partition coefficient (Wildman–Crippen LogP) is 2.36. The number of ether oxygens (including phenoxy) is 2. The fourth-order valence-corrected chi connectivity index (χ4v) is 3.41. The second kappa shape index (κ2) is 9.38. The summed E-state index contributed by atoms with van der Waals surface area (Å²) < 4.78 is 41.4. The van der Waals surface area contributed by atoms with E-state index < -0.39 is 16.2 Å². The van der Waals surface area contributed by atoms with Crippen LogP contribution in [0.2, 0.25) is 0 Å². The van der Waals surface area contributed by atoms with Gasteiger partial charge in [-0.25, -0.2) is 0 Å². The molecular formula is C18H21N3O5S2. The smallest absolute Gasteiger partial charge is 0.342 e. The van der Waals surface area contributed by atoms with Crippen LogP contribution in [-0.4, -0.2) is 33.0 Å². The van der Waals surface area contributed by atoms with Crippen molar-refractivity contribution in [1.29, 1.82) is 0 Å². The van der Waals surface area contributed by atoms with Crippen molar-refractivity contribution in [2.75, 3.05) is 7.11 Å². The third-order valence-electron chi connectivity index (χ3n) is 3.35. The van der Waals surface area contributed by atoms with Gasteiger partial charge in [-0.2, -0.15) is 13.5 Å². The molecule has 0 heterocycles. The lowest BCUT2D eigenvalue weighted by atomic mass is 10.2. The number of hydrogen-bond donors (Lipinski definition) is 2. The first-order valence-corrected chi connectivity index (χ1v) is 9.97. The van der Waals surface area contributed by atoms with E-state index in [0.717, 1.165) is 5.56 Å². The fourth-order valence-electron chi connectivity index (χ4n) is 2.28. The minimum Gasteiger partial charge on any atom is -0.495 e. The standard InChI is InChI=1S/C18H21N3O5S2/c1-12-8-14(25-13(2)11-20-21-18(19)27)10-15(9-12)26-28(22,23)17-7-5-4-6-16(17)24-3/h4-11,13H,1-3H3,(H3,19,21,27)/b20-11-. The van der Waals surface area contributed by atoms with Crippen LogP contribution in [-0.2, 0) is 10.1 Å². The average molecular weight is 424 g/mol. The Morgan fingerprint density at radius 1 is 1.25 bits per heavy atom. The number of thiocarbonyl (C=S) groups is 1. The van der Waals surface area contributed by atoms with Crippen LogP contribution in [0.5, 0.6) is 17.2 Å². The molecule has 2 aromatic rings. The number of hydrogen-bond acceptors (Lipinski definition) is 7. The minimum atomic E-state index is -4.09. The first-order valence-electron chi connectivity index (χ1n) is 8.16. The highest BCUT2D eigenvalue weighted by atomic mass is 32.2. The number of nitrogens with one attached hydrogen (secondary N) is 1. The molecule has 2 aromatic carbocycles. The zero-order valence-corrected chi connectivity index (χ0v) is 17.2. The molecule has 10 heteroatoms. The second-order valence-corrected chi connectivity index (χ2v) is 7.70. The zero-order chi connectivity index (χ0) is 20.7. The van der Waals surface area contributed by atoms with Crippen LogP contribution in [0.3, 0.4) is 0 Å². The molecule has 28 heavy (non-hydrogen) atoms. The van der Waals surface area contributed by atoms with E-state index in [1.165, 1.54) is 25.5 Å². The van der Waals surface area contributed by atoms with Crippen molar-refractivity contribution in [2.45, 2.75) is 24.8 Å². The molecule has 0 aromatic heterocycles. The molecule has 0 fully saturated rings. The van der Waals surface area contributed by atoms with E-state index in [1.54, 1.807) is 44.2 Å². The van der Waals surface area contributed by atoms with Gasteiger partial charge in [0.05, 0.1) is 13.3 Å². The number of para-hydroxylation sites is 1. The van der Waals surface area contributed by atoms with Crippen molar-refractivity contribution in [3.63, 3.8) is 0 Å². The lowest BCUT2D eigenvalue weighted by Gasteiger charge is -2.14. The molecule has 0 amide bonds. The van der Waals surface area contributed by atoms with Crippen LogP contribution in [0, 0.1) is 6.92 Å². The van der Waals surface area contributed by atoms with Gasteiger partial charge in [-0.15, -0.1) is 0 Å². The Morgan fingerprint density at radius 2 is 1.93 bits per heavy atom. The van der Waals surface area contributed by atoms with Gasteiger partial charge in [0.15, 0.2) is 5.11 Å². The van der Waals surface area contributed by atoms with Crippen molar-refractivity contribution < 1.29 is 22.1 Å². The van der Waals surface area contributed by atoms with Gasteiger partial charge >= 0.3 is 10.1 Å². The molecule has 3 N–H and O–H groups in total. The van der Waals surface area contributed by atoms with Crippen LogP contribution >= 0.6 is 12.2 Å². The largest absolute Gasteiger partial charge is 0.495 e. The summed E-state index contributed by atoms with van der Waals surface area (Å²) in [6.45, 7) is 3.54. The van der Waals surface area contributed by atoms with Crippen LogP contribution in [0.25, 0.3) is 0 Å². The molecular weight excluding hydrogens is 402 g/mol. The number of nitrogens with two attached hydrogens (primary N) is 1. The highest BCUT2D eigenvalue weighted by Crippen LogP contribution is 2.29. The lowest BCUT2D eigenvalue weighted by molar-refractivity contribution is 0.290. The van der Waals surface area contributed by atoms with Gasteiger partial charge in [0.1, 0.15) is 28.2 Å². The Labute approximate surface area is 169 Å². The molecule has 2 rings (SSSR count). The molecule has 0 bridgehead atoms. The van der Waals surface area contributed by atoms with Crippen LogP contribution in [0.1, 0.15) is 12.5 Å². The summed E-state index contributed by atoms with van der Waals surface area (Å²) >= 11 is 4.65. The summed E-state index contributed by atoms with van der Waals surface area (Å²) in [5.41, 5.74) is 8.47. The first-order chi connectivity index (χ1) is 13.2. The summed E-state index contributed by atoms with van der Waals surface area (Å²) in [4.78, 5) is -0.0641. The number of aryl methyl sites for hydroxylation is 1. The number of benzene rings is 2. The first kappa shape index (κ1) is 21.5. The topological polar surface area (TPSA) is 112 Å². The van der Waals surface area contributed by atoms with Gasteiger partial charge in [-0.3, -0.25) is 5.43 Å². The van der Waals surface area contributed by atoms with Crippen LogP contribution in [0.15, 0.2) is 52.5 Å². The average Bonchev–Trinajstić information content (AvgIpc) is 2.60. The molecule has 0 aliphatic carbocycles. The number of rotatable bonds is 8. The molecule has 0 radical (unpaired) electrons. The molecule has 0 aliphatic heterocycles. The van der Waals surface area contributed by atoms with E-state index in [4.69, 9.17) is 19.4 Å². The van der Waals surface area contributed by atoms with E-state index in [2.05, 4.69) is 22.7 Å². The maximum atomic E-state index is 12.6. The molecule has 150 valence electrons. The maximum Gasteiger partial charge on any atom is 0.342 e. The Morgan fingerprint density at radius 3 is 2.61 bits per heavy atom. The third kappa shape index (κ3) is 6.10. The van der Waals surface area contributed by atoms with Gasteiger partial charge < -0.3 is 19.4 Å². The normalized spacial score (nSPS) is 12.4. The summed E-state index contributed by atoms with van der Waals surface area (Å²) in [6.07, 6.45) is 1.04. The molecule has 8 nitrogen and oxygen atoms in total. The van der Waals surface area contributed by atoms with Gasteiger partial charge in [0, 0.05) is 6.07 Å². The SMILES string of the molecule is COc1ccccc1S(=O)(=O)Oc1cc(C)cc(OC(C)/C=N\NC(N)=S)c1. The van der Waals surface area contributed by atoms with E-state index in [0.29, 0.717) is 5.75 Å². The lowest BCUT2D eigenvalue weighted by Crippen LogP contribution is -2.25. The van der Waals surface area contributed by atoms with E-state index in [9.17, 15) is 8.42 Å². The highest BCUT2D eigenvalue weighted by Gasteiger charge is 2.22. The third-order valence-corrected chi connectivity index (χ3v) is 4.73. The van der Waals surface area contributed by atoms with Gasteiger partial charge in [-0.05, 0) is 55.9 Å². The molecule has 0 saturated carbocycles. The van der Waals surface area contributed by atoms with Crippen molar-refractivity contribution in [1.82, 2.24) is 5.43 Å².